The minimum atomic E-state index is -0.0232. The Hall–Kier alpha value is -1.95. The van der Waals surface area contributed by atoms with Gasteiger partial charge in [0, 0.05) is 19.6 Å². The predicted octanol–water partition coefficient (Wildman–Crippen LogP) is 2.61. The first-order valence-electron chi connectivity index (χ1n) is 9.24. The molecule has 26 heavy (non-hydrogen) atoms. The fraction of sp³-hybridized carbons (Fsp3) is 0.650. The van der Waals surface area contributed by atoms with Gasteiger partial charge in [-0.1, -0.05) is 26.0 Å². The van der Waals surface area contributed by atoms with E-state index in [2.05, 4.69) is 50.4 Å². The minimum absolute atomic E-state index is 0.0232. The van der Waals surface area contributed by atoms with E-state index in [1.165, 1.54) is 0 Å². The van der Waals surface area contributed by atoms with E-state index in [0.717, 1.165) is 37.1 Å². The molecular formula is C20H36N4O2. The number of benzene rings is 1. The van der Waals surface area contributed by atoms with E-state index in [0.29, 0.717) is 6.54 Å². The summed E-state index contributed by atoms with van der Waals surface area (Å²) < 4.78 is 11.3. The molecule has 1 unspecified atom stereocenters. The van der Waals surface area contributed by atoms with Crippen molar-refractivity contribution in [3.63, 3.8) is 0 Å². The quantitative estimate of drug-likeness (QED) is 0.494. The molecule has 6 nitrogen and oxygen atoms in total. The van der Waals surface area contributed by atoms with Crippen LogP contribution in [0.4, 0.5) is 0 Å². The van der Waals surface area contributed by atoms with Crippen molar-refractivity contribution in [2.45, 2.75) is 33.8 Å². The van der Waals surface area contributed by atoms with Gasteiger partial charge in [-0.05, 0) is 45.5 Å². The lowest BCUT2D eigenvalue weighted by Gasteiger charge is -2.27. The van der Waals surface area contributed by atoms with Gasteiger partial charge in [-0.2, -0.15) is 0 Å². The molecule has 0 amide bonds. The largest absolute Gasteiger partial charge is 0.493 e. The fourth-order valence-electron chi connectivity index (χ4n) is 2.76. The third-order valence-electron chi connectivity index (χ3n) is 3.71. The molecule has 0 fully saturated rings. The molecule has 0 aliphatic carbocycles. The summed E-state index contributed by atoms with van der Waals surface area (Å²) in [5, 5.41) is 6.66. The van der Waals surface area contributed by atoms with Gasteiger partial charge in [0.15, 0.2) is 17.5 Å². The Labute approximate surface area is 159 Å². The summed E-state index contributed by atoms with van der Waals surface area (Å²) in [6.07, 6.45) is -0.0232. The Morgan fingerprint density at radius 2 is 1.85 bits per heavy atom. The summed E-state index contributed by atoms with van der Waals surface area (Å²) >= 11 is 0. The van der Waals surface area contributed by atoms with Crippen LogP contribution in [0.25, 0.3) is 0 Å². The second kappa shape index (κ2) is 10.9. The molecule has 1 rings (SSSR count). The molecule has 0 aliphatic heterocycles. The van der Waals surface area contributed by atoms with E-state index in [1.807, 2.05) is 31.2 Å². The van der Waals surface area contributed by atoms with Gasteiger partial charge in [-0.25, -0.2) is 0 Å². The van der Waals surface area contributed by atoms with Crippen LogP contribution in [0.3, 0.4) is 0 Å². The van der Waals surface area contributed by atoms with Gasteiger partial charge in [-0.3, -0.25) is 4.99 Å². The molecule has 1 aromatic rings. The summed E-state index contributed by atoms with van der Waals surface area (Å²) in [4.78, 5) is 6.93. The third kappa shape index (κ3) is 8.43. The highest BCUT2D eigenvalue weighted by atomic mass is 16.5. The van der Waals surface area contributed by atoms with Gasteiger partial charge in [0.2, 0.25) is 0 Å². The minimum Gasteiger partial charge on any atom is -0.493 e. The maximum absolute atomic E-state index is 5.99. The number of ether oxygens (including phenoxy) is 2. The molecule has 0 aromatic heterocycles. The van der Waals surface area contributed by atoms with Crippen LogP contribution in [-0.2, 0) is 0 Å². The number of nitrogens with zero attached hydrogens (tertiary/aromatic N) is 2. The van der Waals surface area contributed by atoms with Crippen molar-refractivity contribution in [2.24, 2.45) is 10.4 Å². The molecule has 1 aromatic carbocycles. The first-order chi connectivity index (χ1) is 12.3. The Morgan fingerprint density at radius 3 is 2.42 bits per heavy atom. The van der Waals surface area contributed by atoms with Crippen LogP contribution in [0.2, 0.25) is 0 Å². The lowest BCUT2D eigenvalue weighted by molar-refractivity contribution is 0.213. The molecule has 6 heteroatoms. The smallest absolute Gasteiger partial charge is 0.191 e. The van der Waals surface area contributed by atoms with E-state index < -0.39 is 0 Å². The molecule has 0 aliphatic rings. The molecule has 1 atom stereocenters. The monoisotopic (exact) mass is 364 g/mol. The second-order valence-electron chi connectivity index (χ2n) is 7.56. The van der Waals surface area contributed by atoms with Gasteiger partial charge >= 0.3 is 0 Å². The second-order valence-corrected chi connectivity index (χ2v) is 7.56. The van der Waals surface area contributed by atoms with E-state index in [-0.39, 0.29) is 11.5 Å². The third-order valence-corrected chi connectivity index (χ3v) is 3.71. The summed E-state index contributed by atoms with van der Waals surface area (Å²) in [5.41, 5.74) is 0.116. The van der Waals surface area contributed by atoms with Crippen LogP contribution in [0.5, 0.6) is 11.5 Å². The van der Waals surface area contributed by atoms with E-state index in [1.54, 1.807) is 7.11 Å². The van der Waals surface area contributed by atoms with Crippen LogP contribution in [0.1, 0.15) is 27.7 Å². The zero-order chi connectivity index (χ0) is 19.6. The number of hydrogen-bond donors (Lipinski definition) is 2. The molecule has 0 radical (unpaired) electrons. The maximum Gasteiger partial charge on any atom is 0.191 e. The fourth-order valence-corrected chi connectivity index (χ4v) is 2.76. The van der Waals surface area contributed by atoms with Crippen LogP contribution < -0.4 is 20.1 Å². The van der Waals surface area contributed by atoms with Gasteiger partial charge in [-0.15, -0.1) is 0 Å². The van der Waals surface area contributed by atoms with Crippen molar-refractivity contribution >= 4 is 5.96 Å². The molecule has 0 saturated heterocycles. The van der Waals surface area contributed by atoms with Crippen molar-refractivity contribution in [3.8, 4) is 11.5 Å². The van der Waals surface area contributed by atoms with Crippen LogP contribution in [0, 0.1) is 5.41 Å². The van der Waals surface area contributed by atoms with Crippen molar-refractivity contribution in [1.29, 1.82) is 0 Å². The Bertz CT molecular complexity index is 558. The molecule has 0 saturated carbocycles. The highest BCUT2D eigenvalue weighted by Crippen LogP contribution is 2.26. The van der Waals surface area contributed by atoms with Crippen molar-refractivity contribution in [3.05, 3.63) is 24.3 Å². The lowest BCUT2D eigenvalue weighted by atomic mass is 9.93. The maximum atomic E-state index is 5.99. The summed E-state index contributed by atoms with van der Waals surface area (Å²) in [7, 11) is 5.83. The zero-order valence-corrected chi connectivity index (χ0v) is 17.4. The SMILES string of the molecule is CCNC(=NCC(C)(C)CN(C)C)NCC(C)Oc1ccccc1OC. The normalized spacial score (nSPS) is 13.5. The summed E-state index contributed by atoms with van der Waals surface area (Å²) in [6.45, 7) is 11.8. The van der Waals surface area contributed by atoms with Crippen LogP contribution >= 0.6 is 0 Å². The zero-order valence-electron chi connectivity index (χ0n) is 17.4. The average molecular weight is 365 g/mol. The Balaban J connectivity index is 2.60. The molecular weight excluding hydrogens is 328 g/mol. The average Bonchev–Trinajstić information content (AvgIpc) is 2.56. The standard InChI is InChI=1S/C20H36N4O2/c1-8-21-19(23-14-20(3,4)15-24(5)6)22-13-16(2)26-18-12-10-9-11-17(18)25-7/h9-12,16H,8,13-15H2,1-7H3,(H2,21,22,23). The number of rotatable bonds is 10. The van der Waals surface area contributed by atoms with E-state index >= 15 is 0 Å². The number of guanidine groups is 1. The lowest BCUT2D eigenvalue weighted by Crippen LogP contribution is -2.42. The molecule has 0 heterocycles. The van der Waals surface area contributed by atoms with Gasteiger partial charge in [0.05, 0.1) is 13.7 Å². The van der Waals surface area contributed by atoms with Gasteiger partial charge in [0.1, 0.15) is 6.10 Å². The van der Waals surface area contributed by atoms with Gasteiger partial charge < -0.3 is 25.0 Å². The first-order valence-corrected chi connectivity index (χ1v) is 9.24. The molecule has 0 spiro atoms. The summed E-state index contributed by atoms with van der Waals surface area (Å²) in [5.74, 6) is 2.30. The van der Waals surface area contributed by atoms with Crippen molar-refractivity contribution in [2.75, 3.05) is 47.4 Å². The van der Waals surface area contributed by atoms with E-state index in [4.69, 9.17) is 14.5 Å². The molecule has 0 bridgehead atoms. The molecule has 2 N–H and O–H groups in total. The van der Waals surface area contributed by atoms with Crippen molar-refractivity contribution in [1.82, 2.24) is 15.5 Å². The number of nitrogens with one attached hydrogen (secondary N) is 2. The van der Waals surface area contributed by atoms with E-state index in [9.17, 15) is 0 Å². The summed E-state index contributed by atoms with van der Waals surface area (Å²) in [6, 6.07) is 7.68. The Kier molecular flexibility index (Phi) is 9.27. The highest BCUT2D eigenvalue weighted by Gasteiger charge is 2.18. The topological polar surface area (TPSA) is 58.1 Å². The number of methoxy groups -OCH3 is 1. The highest BCUT2D eigenvalue weighted by molar-refractivity contribution is 5.79. The number of para-hydroxylation sites is 2. The number of hydrogen-bond acceptors (Lipinski definition) is 4. The molecule has 148 valence electrons. The van der Waals surface area contributed by atoms with Crippen molar-refractivity contribution < 1.29 is 9.47 Å². The van der Waals surface area contributed by atoms with Gasteiger partial charge in [0.25, 0.3) is 0 Å². The predicted molar refractivity (Wildman–Crippen MR) is 109 cm³/mol. The van der Waals surface area contributed by atoms with Crippen LogP contribution in [-0.4, -0.2) is 64.3 Å². The Morgan fingerprint density at radius 1 is 1.19 bits per heavy atom. The van der Waals surface area contributed by atoms with Crippen LogP contribution in [0.15, 0.2) is 29.3 Å². The first kappa shape index (κ1) is 22.1. The number of aliphatic imine (C=N–C) groups is 1.